The molecule has 5 nitrogen and oxygen atoms in total. The van der Waals surface area contributed by atoms with E-state index in [2.05, 4.69) is 20.8 Å². The summed E-state index contributed by atoms with van der Waals surface area (Å²) >= 11 is 0. The van der Waals surface area contributed by atoms with Crippen molar-refractivity contribution in [3.8, 4) is 0 Å². The van der Waals surface area contributed by atoms with Gasteiger partial charge in [-0.15, -0.1) is 0 Å². The molecule has 0 N–H and O–H groups in total. The number of carbonyl (C=O) groups is 3. The van der Waals surface area contributed by atoms with E-state index < -0.39 is 35.0 Å². The predicted octanol–water partition coefficient (Wildman–Crippen LogP) is 4.57. The summed E-state index contributed by atoms with van der Waals surface area (Å²) < 4.78 is 11.9. The zero-order chi connectivity index (χ0) is 22.6. The van der Waals surface area contributed by atoms with Crippen LogP contribution in [-0.2, 0) is 23.9 Å². The van der Waals surface area contributed by atoms with E-state index in [0.29, 0.717) is 6.42 Å². The Morgan fingerprint density at radius 1 is 0.933 bits per heavy atom. The van der Waals surface area contributed by atoms with Crippen LogP contribution in [0.3, 0.4) is 0 Å². The first-order chi connectivity index (χ1) is 13.8. The predicted molar refractivity (Wildman–Crippen MR) is 114 cm³/mol. The molecule has 0 aromatic rings. The van der Waals surface area contributed by atoms with Crippen LogP contribution >= 0.6 is 0 Å². The third-order valence-corrected chi connectivity index (χ3v) is 7.37. The van der Waals surface area contributed by atoms with E-state index in [4.69, 9.17) is 9.47 Å². The number of ether oxygens (including phenoxy) is 2. The molecule has 0 aromatic heterocycles. The first-order valence-electron chi connectivity index (χ1n) is 10.7. The van der Waals surface area contributed by atoms with Crippen molar-refractivity contribution < 1.29 is 23.9 Å². The molecular formula is C25H34O5. The van der Waals surface area contributed by atoms with E-state index in [9.17, 15) is 14.4 Å². The lowest BCUT2D eigenvalue weighted by Crippen LogP contribution is -2.67. The number of hydrogen-bond acceptors (Lipinski definition) is 5. The topological polar surface area (TPSA) is 69.7 Å². The molecule has 4 rings (SSSR count). The zero-order valence-corrected chi connectivity index (χ0v) is 19.4. The van der Waals surface area contributed by atoms with Gasteiger partial charge in [-0.3, -0.25) is 4.79 Å². The number of allylic oxidation sites excluding steroid dienone is 4. The van der Waals surface area contributed by atoms with Crippen LogP contribution in [0.1, 0.15) is 61.8 Å². The van der Waals surface area contributed by atoms with E-state index >= 15 is 0 Å². The summed E-state index contributed by atoms with van der Waals surface area (Å²) in [6, 6.07) is 0. The quantitative estimate of drug-likeness (QED) is 0.498. The molecule has 0 aliphatic heterocycles. The molecule has 0 radical (unpaired) electrons. The Hall–Kier alpha value is -2.17. The summed E-state index contributed by atoms with van der Waals surface area (Å²) in [6.45, 7) is 15.6. The monoisotopic (exact) mass is 414 g/mol. The van der Waals surface area contributed by atoms with Gasteiger partial charge in [0.25, 0.3) is 0 Å². The molecule has 6 atom stereocenters. The summed E-state index contributed by atoms with van der Waals surface area (Å²) in [5.41, 5.74) is 1.83. The van der Waals surface area contributed by atoms with Crippen LogP contribution in [0.5, 0.6) is 0 Å². The van der Waals surface area contributed by atoms with Gasteiger partial charge in [-0.1, -0.05) is 37.5 Å². The number of esters is 2. The van der Waals surface area contributed by atoms with Crippen molar-refractivity contribution in [3.63, 3.8) is 0 Å². The fraction of sp³-hybridized carbons (Fsp3) is 0.640. The third-order valence-electron chi connectivity index (χ3n) is 7.37. The van der Waals surface area contributed by atoms with Crippen molar-refractivity contribution in [1.29, 1.82) is 0 Å². The van der Waals surface area contributed by atoms with Crippen molar-refractivity contribution in [3.05, 3.63) is 34.9 Å². The largest absolute Gasteiger partial charge is 0.458 e. The van der Waals surface area contributed by atoms with Crippen LogP contribution in [0.15, 0.2) is 34.9 Å². The van der Waals surface area contributed by atoms with Crippen molar-refractivity contribution >= 4 is 17.7 Å². The minimum Gasteiger partial charge on any atom is -0.458 e. The highest BCUT2D eigenvalue weighted by molar-refractivity contribution is 5.97. The van der Waals surface area contributed by atoms with E-state index in [1.165, 1.54) is 12.2 Å². The van der Waals surface area contributed by atoms with Gasteiger partial charge in [0.05, 0.1) is 0 Å². The average Bonchev–Trinajstić information content (AvgIpc) is 2.66. The Bertz CT molecular complexity index is 866. The summed E-state index contributed by atoms with van der Waals surface area (Å²) in [7, 11) is 0. The Balaban J connectivity index is 2.04. The summed E-state index contributed by atoms with van der Waals surface area (Å²) in [4.78, 5) is 38.1. The summed E-state index contributed by atoms with van der Waals surface area (Å²) in [5.74, 6) is -0.780. The van der Waals surface area contributed by atoms with Gasteiger partial charge in [-0.25, -0.2) is 9.59 Å². The zero-order valence-electron chi connectivity index (χ0n) is 19.4. The van der Waals surface area contributed by atoms with Crippen LogP contribution in [0, 0.1) is 28.6 Å². The molecule has 0 aromatic carbocycles. The van der Waals surface area contributed by atoms with Gasteiger partial charge in [0.2, 0.25) is 0 Å². The van der Waals surface area contributed by atoms with Crippen molar-refractivity contribution in [2.45, 2.75) is 74.0 Å². The molecule has 30 heavy (non-hydrogen) atoms. The second-order valence-electron chi connectivity index (χ2n) is 10.5. The molecule has 3 fully saturated rings. The normalized spacial score (nSPS) is 35.8. The maximum Gasteiger partial charge on any atom is 0.330 e. The van der Waals surface area contributed by atoms with Crippen molar-refractivity contribution in [1.82, 2.24) is 0 Å². The molecule has 4 aliphatic rings. The van der Waals surface area contributed by atoms with Crippen LogP contribution in [0.2, 0.25) is 0 Å². The highest BCUT2D eigenvalue weighted by Crippen LogP contribution is 2.72. The number of rotatable bonds is 4. The van der Waals surface area contributed by atoms with E-state index in [1.807, 2.05) is 34.6 Å². The van der Waals surface area contributed by atoms with Crippen LogP contribution in [0.4, 0.5) is 0 Å². The van der Waals surface area contributed by atoms with Gasteiger partial charge < -0.3 is 9.47 Å². The van der Waals surface area contributed by atoms with Crippen LogP contribution < -0.4 is 0 Å². The average molecular weight is 415 g/mol. The van der Waals surface area contributed by atoms with Gasteiger partial charge in [-0.05, 0) is 52.5 Å². The molecule has 4 aliphatic carbocycles. The lowest BCUT2D eigenvalue weighted by atomic mass is 9.37. The Kier molecular flexibility index (Phi) is 5.63. The lowest BCUT2D eigenvalue weighted by molar-refractivity contribution is -0.201. The van der Waals surface area contributed by atoms with Gasteiger partial charge in [0.15, 0.2) is 5.78 Å². The highest BCUT2D eigenvalue weighted by Gasteiger charge is 2.74. The van der Waals surface area contributed by atoms with Gasteiger partial charge in [0.1, 0.15) is 12.2 Å². The van der Waals surface area contributed by atoms with E-state index in [-0.39, 0.29) is 23.5 Å². The maximum absolute atomic E-state index is 13.0. The second-order valence-corrected chi connectivity index (χ2v) is 10.5. The summed E-state index contributed by atoms with van der Waals surface area (Å²) in [6.07, 6.45) is 4.12. The molecule has 4 bridgehead atoms. The molecule has 5 heteroatoms. The smallest absolute Gasteiger partial charge is 0.330 e. The number of ketones is 1. The molecule has 0 saturated heterocycles. The number of hydrogen-bond donors (Lipinski definition) is 0. The van der Waals surface area contributed by atoms with Crippen LogP contribution in [0.25, 0.3) is 0 Å². The standard InChI is InChI=1S/C25H34O5/c1-13(2)9-19(27)29-17-12-18(30-20(28)10-14(3)4)25(8)21-15(5)11-16(26)22(25)23(21)24(17,6)7/h9-11,17-18,21-23H,12H2,1-8H3. The van der Waals surface area contributed by atoms with Crippen LogP contribution in [-0.4, -0.2) is 29.9 Å². The molecule has 6 unspecified atom stereocenters. The second kappa shape index (κ2) is 7.51. The third kappa shape index (κ3) is 3.46. The summed E-state index contributed by atoms with van der Waals surface area (Å²) in [5, 5.41) is 0. The molecule has 0 amide bonds. The molecule has 0 spiro atoms. The van der Waals surface area contributed by atoms with Crippen molar-refractivity contribution in [2.75, 3.05) is 0 Å². The molecular weight excluding hydrogens is 380 g/mol. The van der Waals surface area contributed by atoms with Gasteiger partial charge in [-0.2, -0.15) is 0 Å². The number of fused-ring (bicyclic) bond motifs is 3. The molecule has 0 heterocycles. The van der Waals surface area contributed by atoms with E-state index in [0.717, 1.165) is 16.7 Å². The van der Waals surface area contributed by atoms with Gasteiger partial charge in [0, 0.05) is 35.3 Å². The first kappa shape index (κ1) is 22.5. The fourth-order valence-electron chi connectivity index (χ4n) is 6.12. The first-order valence-corrected chi connectivity index (χ1v) is 10.7. The minimum atomic E-state index is -0.509. The number of carbonyl (C=O) groups excluding carboxylic acids is 3. The Morgan fingerprint density at radius 2 is 1.43 bits per heavy atom. The minimum absolute atomic E-state index is 0.0525. The SMILES string of the molecule is CC(C)=CC(=O)OC1CC(OC(=O)C=C(C)C)C2(C)C3C(=O)C=C(C)C2C3C1(C)C. The van der Waals surface area contributed by atoms with E-state index in [1.54, 1.807) is 6.08 Å². The van der Waals surface area contributed by atoms with Crippen molar-refractivity contribution in [2.24, 2.45) is 28.6 Å². The Morgan fingerprint density at radius 3 is 1.90 bits per heavy atom. The highest BCUT2D eigenvalue weighted by atomic mass is 16.6. The fourth-order valence-corrected chi connectivity index (χ4v) is 6.12. The van der Waals surface area contributed by atoms with Gasteiger partial charge >= 0.3 is 11.9 Å². The maximum atomic E-state index is 13.0. The molecule has 164 valence electrons. The Labute approximate surface area is 179 Å². The lowest BCUT2D eigenvalue weighted by Gasteiger charge is -2.65. The molecule has 3 saturated carbocycles.